The Morgan fingerprint density at radius 1 is 1.25 bits per heavy atom. The summed E-state index contributed by atoms with van der Waals surface area (Å²) in [6.45, 7) is 2.89. The molecule has 0 amide bonds. The van der Waals surface area contributed by atoms with Gasteiger partial charge in [-0.1, -0.05) is 6.07 Å². The first-order chi connectivity index (χ1) is 9.62. The fraction of sp³-hybridized carbons (Fsp3) is 0.625. The van der Waals surface area contributed by atoms with E-state index in [0.29, 0.717) is 12.6 Å². The normalized spacial score (nSPS) is 17.9. The average Bonchev–Trinajstić information content (AvgIpc) is 3.31. The summed E-state index contributed by atoms with van der Waals surface area (Å²) in [7, 11) is 5.48. The van der Waals surface area contributed by atoms with E-state index in [-0.39, 0.29) is 6.04 Å². The van der Waals surface area contributed by atoms with Crippen molar-refractivity contribution in [1.82, 2.24) is 4.90 Å². The number of rotatable bonds is 7. The highest BCUT2D eigenvalue weighted by Crippen LogP contribution is 2.38. The molecule has 0 bridgehead atoms. The van der Waals surface area contributed by atoms with Gasteiger partial charge in [0.15, 0.2) is 11.5 Å². The number of ether oxygens (including phenoxy) is 2. The molecule has 4 heteroatoms. The predicted molar refractivity (Wildman–Crippen MR) is 81.3 cm³/mol. The third kappa shape index (κ3) is 3.07. The molecule has 1 aliphatic rings. The van der Waals surface area contributed by atoms with Crippen LogP contribution >= 0.6 is 0 Å². The molecule has 2 unspecified atom stereocenters. The highest BCUT2D eigenvalue weighted by atomic mass is 16.5. The molecule has 0 aliphatic heterocycles. The molecular weight excluding hydrogens is 252 g/mol. The number of likely N-dealkylation sites (N-methyl/N-ethyl adjacent to an activating group) is 1. The number of benzene rings is 1. The van der Waals surface area contributed by atoms with Gasteiger partial charge in [-0.3, -0.25) is 4.90 Å². The molecule has 0 aromatic heterocycles. The van der Waals surface area contributed by atoms with Crippen molar-refractivity contribution in [3.05, 3.63) is 23.8 Å². The SMILES string of the molecule is COc1ccc(C(CN)N(C)C(C)C2CC2)cc1OC. The molecule has 2 rings (SSSR count). The lowest BCUT2D eigenvalue weighted by molar-refractivity contribution is 0.171. The number of hydrogen-bond donors (Lipinski definition) is 1. The Hall–Kier alpha value is -1.26. The Labute approximate surface area is 121 Å². The molecule has 1 aromatic carbocycles. The molecule has 20 heavy (non-hydrogen) atoms. The molecule has 1 aliphatic carbocycles. The monoisotopic (exact) mass is 278 g/mol. The minimum atomic E-state index is 0.213. The minimum Gasteiger partial charge on any atom is -0.493 e. The van der Waals surface area contributed by atoms with Gasteiger partial charge in [-0.25, -0.2) is 0 Å². The average molecular weight is 278 g/mol. The van der Waals surface area contributed by atoms with Gasteiger partial charge in [-0.05, 0) is 50.4 Å². The first kappa shape index (κ1) is 15.1. The van der Waals surface area contributed by atoms with E-state index in [2.05, 4.69) is 24.9 Å². The second kappa shape index (κ2) is 6.46. The lowest BCUT2D eigenvalue weighted by atomic mass is 10.0. The maximum absolute atomic E-state index is 6.01. The molecule has 0 saturated heterocycles. The van der Waals surface area contributed by atoms with Crippen molar-refractivity contribution in [2.75, 3.05) is 27.8 Å². The summed E-state index contributed by atoms with van der Waals surface area (Å²) in [6, 6.07) is 6.84. The van der Waals surface area contributed by atoms with Crippen molar-refractivity contribution in [3.63, 3.8) is 0 Å². The van der Waals surface area contributed by atoms with Crippen LogP contribution in [0.3, 0.4) is 0 Å². The van der Waals surface area contributed by atoms with Crippen LogP contribution in [-0.2, 0) is 0 Å². The zero-order valence-corrected chi connectivity index (χ0v) is 12.9. The Kier molecular flexibility index (Phi) is 4.89. The van der Waals surface area contributed by atoms with E-state index < -0.39 is 0 Å². The van der Waals surface area contributed by atoms with Crippen LogP contribution in [0.4, 0.5) is 0 Å². The van der Waals surface area contributed by atoms with Gasteiger partial charge in [0.1, 0.15) is 0 Å². The standard InChI is InChI=1S/C16H26N2O2/c1-11(12-5-6-12)18(2)14(10-17)13-7-8-15(19-3)16(9-13)20-4/h7-9,11-12,14H,5-6,10,17H2,1-4H3. The van der Waals surface area contributed by atoms with E-state index >= 15 is 0 Å². The van der Waals surface area contributed by atoms with Crippen molar-refractivity contribution in [3.8, 4) is 11.5 Å². The molecule has 2 N–H and O–H groups in total. The van der Waals surface area contributed by atoms with Gasteiger partial charge in [0.05, 0.1) is 14.2 Å². The number of methoxy groups -OCH3 is 2. The Morgan fingerprint density at radius 2 is 1.90 bits per heavy atom. The summed E-state index contributed by atoms with van der Waals surface area (Å²) >= 11 is 0. The van der Waals surface area contributed by atoms with Gasteiger partial charge in [-0.15, -0.1) is 0 Å². The highest BCUT2D eigenvalue weighted by molar-refractivity contribution is 5.43. The van der Waals surface area contributed by atoms with Crippen molar-refractivity contribution in [1.29, 1.82) is 0 Å². The van der Waals surface area contributed by atoms with E-state index in [4.69, 9.17) is 15.2 Å². The largest absolute Gasteiger partial charge is 0.493 e. The zero-order chi connectivity index (χ0) is 14.7. The van der Waals surface area contributed by atoms with Gasteiger partial charge in [0, 0.05) is 18.6 Å². The highest BCUT2D eigenvalue weighted by Gasteiger charge is 2.33. The molecule has 1 aromatic rings. The van der Waals surface area contributed by atoms with E-state index in [1.54, 1.807) is 14.2 Å². The zero-order valence-electron chi connectivity index (χ0n) is 12.9. The number of nitrogens with zero attached hydrogens (tertiary/aromatic N) is 1. The summed E-state index contributed by atoms with van der Waals surface area (Å²) in [5, 5.41) is 0. The fourth-order valence-electron chi connectivity index (χ4n) is 2.79. The molecule has 4 nitrogen and oxygen atoms in total. The first-order valence-electron chi connectivity index (χ1n) is 7.26. The minimum absolute atomic E-state index is 0.213. The topological polar surface area (TPSA) is 47.7 Å². The van der Waals surface area contributed by atoms with Gasteiger partial charge in [-0.2, -0.15) is 0 Å². The molecule has 0 radical (unpaired) electrons. The summed E-state index contributed by atoms with van der Waals surface area (Å²) in [6.07, 6.45) is 2.68. The summed E-state index contributed by atoms with van der Waals surface area (Å²) in [4.78, 5) is 2.39. The molecule has 1 fully saturated rings. The van der Waals surface area contributed by atoms with Crippen LogP contribution in [0.15, 0.2) is 18.2 Å². The van der Waals surface area contributed by atoms with Gasteiger partial charge in [0.25, 0.3) is 0 Å². The van der Waals surface area contributed by atoms with Gasteiger partial charge >= 0.3 is 0 Å². The van der Waals surface area contributed by atoms with E-state index in [0.717, 1.165) is 17.4 Å². The fourth-order valence-corrected chi connectivity index (χ4v) is 2.79. The van der Waals surface area contributed by atoms with Crippen molar-refractivity contribution in [2.45, 2.75) is 31.8 Å². The molecule has 0 spiro atoms. The molecule has 1 saturated carbocycles. The Balaban J connectivity index is 2.21. The van der Waals surface area contributed by atoms with Crippen LogP contribution in [0.25, 0.3) is 0 Å². The molecule has 2 atom stereocenters. The molecule has 0 heterocycles. The van der Waals surface area contributed by atoms with Crippen LogP contribution < -0.4 is 15.2 Å². The molecular formula is C16H26N2O2. The van der Waals surface area contributed by atoms with Gasteiger partial charge < -0.3 is 15.2 Å². The second-order valence-electron chi connectivity index (χ2n) is 5.61. The predicted octanol–water partition coefficient (Wildman–Crippen LogP) is 2.43. The second-order valence-corrected chi connectivity index (χ2v) is 5.61. The maximum Gasteiger partial charge on any atom is 0.161 e. The summed E-state index contributed by atoms with van der Waals surface area (Å²) < 4.78 is 10.7. The van der Waals surface area contributed by atoms with Crippen LogP contribution in [0.5, 0.6) is 11.5 Å². The van der Waals surface area contributed by atoms with Crippen LogP contribution in [0.1, 0.15) is 31.4 Å². The quantitative estimate of drug-likeness (QED) is 0.832. The van der Waals surface area contributed by atoms with E-state index in [9.17, 15) is 0 Å². The summed E-state index contributed by atoms with van der Waals surface area (Å²) in [5.74, 6) is 2.34. The van der Waals surface area contributed by atoms with E-state index in [1.165, 1.54) is 18.4 Å². The lowest BCUT2D eigenvalue weighted by Crippen LogP contribution is -2.38. The number of nitrogens with two attached hydrogens (primary N) is 1. The Bertz CT molecular complexity index is 446. The van der Waals surface area contributed by atoms with Crippen molar-refractivity contribution in [2.24, 2.45) is 11.7 Å². The van der Waals surface area contributed by atoms with E-state index in [1.807, 2.05) is 12.1 Å². The smallest absolute Gasteiger partial charge is 0.161 e. The molecule has 112 valence electrons. The van der Waals surface area contributed by atoms with Crippen molar-refractivity contribution < 1.29 is 9.47 Å². The van der Waals surface area contributed by atoms with Crippen LogP contribution in [0.2, 0.25) is 0 Å². The summed E-state index contributed by atoms with van der Waals surface area (Å²) in [5.41, 5.74) is 7.19. The third-order valence-electron chi connectivity index (χ3n) is 4.45. The van der Waals surface area contributed by atoms with Crippen molar-refractivity contribution >= 4 is 0 Å². The number of hydrogen-bond acceptors (Lipinski definition) is 4. The van der Waals surface area contributed by atoms with Crippen LogP contribution in [0, 0.1) is 5.92 Å². The van der Waals surface area contributed by atoms with Crippen LogP contribution in [-0.4, -0.2) is 38.8 Å². The first-order valence-corrected chi connectivity index (χ1v) is 7.26. The maximum atomic E-state index is 6.01. The Morgan fingerprint density at radius 3 is 2.40 bits per heavy atom. The lowest BCUT2D eigenvalue weighted by Gasteiger charge is -2.33. The van der Waals surface area contributed by atoms with Gasteiger partial charge in [0.2, 0.25) is 0 Å². The third-order valence-corrected chi connectivity index (χ3v) is 4.45.